The molecular weight excluding hydrogens is 290 g/mol. The van der Waals surface area contributed by atoms with E-state index >= 15 is 0 Å². The van der Waals surface area contributed by atoms with E-state index in [0.29, 0.717) is 17.9 Å². The van der Waals surface area contributed by atoms with Gasteiger partial charge in [-0.15, -0.1) is 5.10 Å². The molecule has 3 aromatic rings. The summed E-state index contributed by atoms with van der Waals surface area (Å²) in [5.74, 6) is -0.221. The normalized spacial score (nSPS) is 10.5. The first kappa shape index (κ1) is 14.9. The molecule has 2 aromatic heterocycles. The summed E-state index contributed by atoms with van der Waals surface area (Å²) in [6.07, 6.45) is 4.24. The van der Waals surface area contributed by atoms with E-state index in [-0.39, 0.29) is 5.91 Å². The summed E-state index contributed by atoms with van der Waals surface area (Å²) in [5, 5.41) is 11.1. The van der Waals surface area contributed by atoms with Gasteiger partial charge in [-0.3, -0.25) is 9.78 Å². The highest BCUT2D eigenvalue weighted by atomic mass is 16.2. The van der Waals surface area contributed by atoms with Crippen LogP contribution in [0.15, 0.2) is 54.9 Å². The van der Waals surface area contributed by atoms with Crippen molar-refractivity contribution in [1.29, 1.82) is 0 Å². The Hall–Kier alpha value is -3.02. The van der Waals surface area contributed by atoms with Gasteiger partial charge in [0.15, 0.2) is 5.69 Å². The van der Waals surface area contributed by atoms with Crippen molar-refractivity contribution in [3.8, 4) is 16.9 Å². The van der Waals surface area contributed by atoms with Gasteiger partial charge in [-0.2, -0.15) is 0 Å². The van der Waals surface area contributed by atoms with Crippen molar-refractivity contribution in [3.05, 3.63) is 60.6 Å². The Morgan fingerprint density at radius 3 is 2.57 bits per heavy atom. The lowest BCUT2D eigenvalue weighted by molar-refractivity contribution is 0.0949. The molecule has 23 heavy (non-hydrogen) atoms. The standard InChI is InChI=1S/C17H17N5O/c1-2-10-19-17(23)15-16(13-8-11-18-12-9-13)22(21-20-15)14-6-4-3-5-7-14/h3-9,11-12H,2,10H2,1H3,(H,19,23). The van der Waals surface area contributed by atoms with Gasteiger partial charge in [-0.25, -0.2) is 4.68 Å². The minimum absolute atomic E-state index is 0.221. The van der Waals surface area contributed by atoms with Crippen LogP contribution in [0.4, 0.5) is 0 Å². The van der Waals surface area contributed by atoms with E-state index in [1.165, 1.54) is 0 Å². The van der Waals surface area contributed by atoms with Crippen LogP contribution < -0.4 is 5.32 Å². The van der Waals surface area contributed by atoms with E-state index in [4.69, 9.17) is 0 Å². The molecule has 0 aliphatic carbocycles. The number of rotatable bonds is 5. The molecule has 0 bridgehead atoms. The van der Waals surface area contributed by atoms with Crippen LogP contribution >= 0.6 is 0 Å². The summed E-state index contributed by atoms with van der Waals surface area (Å²) >= 11 is 0. The summed E-state index contributed by atoms with van der Waals surface area (Å²) in [5.41, 5.74) is 2.66. The Labute approximate surface area is 134 Å². The van der Waals surface area contributed by atoms with Crippen LogP contribution in [0.2, 0.25) is 0 Å². The number of pyridine rings is 1. The van der Waals surface area contributed by atoms with Crippen molar-refractivity contribution in [2.75, 3.05) is 6.54 Å². The minimum atomic E-state index is -0.221. The third-order valence-corrected chi connectivity index (χ3v) is 3.38. The van der Waals surface area contributed by atoms with Crippen LogP contribution in [-0.2, 0) is 0 Å². The number of para-hydroxylation sites is 1. The van der Waals surface area contributed by atoms with Gasteiger partial charge in [0.2, 0.25) is 0 Å². The fraction of sp³-hybridized carbons (Fsp3) is 0.176. The highest BCUT2D eigenvalue weighted by Gasteiger charge is 2.21. The molecule has 6 heteroatoms. The number of hydrogen-bond donors (Lipinski definition) is 1. The Morgan fingerprint density at radius 1 is 1.13 bits per heavy atom. The molecular formula is C17H17N5O. The van der Waals surface area contributed by atoms with E-state index in [0.717, 1.165) is 17.7 Å². The molecule has 1 amide bonds. The van der Waals surface area contributed by atoms with E-state index in [1.807, 2.05) is 49.4 Å². The molecule has 3 rings (SSSR count). The largest absolute Gasteiger partial charge is 0.351 e. The number of benzene rings is 1. The maximum atomic E-state index is 12.4. The first-order valence-corrected chi connectivity index (χ1v) is 7.51. The summed E-state index contributed by atoms with van der Waals surface area (Å²) < 4.78 is 1.68. The number of nitrogens with one attached hydrogen (secondary N) is 1. The van der Waals surface area contributed by atoms with E-state index in [1.54, 1.807) is 17.1 Å². The SMILES string of the molecule is CCCNC(=O)c1nnn(-c2ccccc2)c1-c1ccncc1. The summed E-state index contributed by atoms with van der Waals surface area (Å²) in [4.78, 5) is 16.4. The molecule has 0 radical (unpaired) electrons. The number of hydrogen-bond acceptors (Lipinski definition) is 4. The number of aromatic nitrogens is 4. The second kappa shape index (κ2) is 6.83. The van der Waals surface area contributed by atoms with Crippen molar-refractivity contribution >= 4 is 5.91 Å². The fourth-order valence-electron chi connectivity index (χ4n) is 2.28. The van der Waals surface area contributed by atoms with E-state index in [2.05, 4.69) is 20.6 Å². The third-order valence-electron chi connectivity index (χ3n) is 3.38. The Bertz CT molecular complexity index is 783. The minimum Gasteiger partial charge on any atom is -0.351 e. The molecule has 0 saturated carbocycles. The molecule has 0 spiro atoms. The monoisotopic (exact) mass is 307 g/mol. The molecule has 0 aliphatic heterocycles. The van der Waals surface area contributed by atoms with Crippen molar-refractivity contribution < 1.29 is 4.79 Å². The van der Waals surface area contributed by atoms with Crippen molar-refractivity contribution in [3.63, 3.8) is 0 Å². The molecule has 1 aromatic carbocycles. The van der Waals surface area contributed by atoms with Crippen LogP contribution in [0, 0.1) is 0 Å². The summed E-state index contributed by atoms with van der Waals surface area (Å²) in [6.45, 7) is 2.61. The van der Waals surface area contributed by atoms with Crippen LogP contribution in [0.25, 0.3) is 16.9 Å². The molecule has 6 nitrogen and oxygen atoms in total. The first-order chi connectivity index (χ1) is 11.3. The number of carbonyl (C=O) groups is 1. The molecule has 0 atom stereocenters. The zero-order chi connectivity index (χ0) is 16.1. The van der Waals surface area contributed by atoms with Crippen LogP contribution in [0.3, 0.4) is 0 Å². The van der Waals surface area contributed by atoms with Crippen molar-refractivity contribution in [1.82, 2.24) is 25.3 Å². The van der Waals surface area contributed by atoms with Gasteiger partial charge in [0, 0.05) is 24.5 Å². The Kier molecular flexibility index (Phi) is 4.42. The second-order valence-electron chi connectivity index (χ2n) is 5.03. The molecule has 0 unspecified atom stereocenters. The van der Waals surface area contributed by atoms with Crippen LogP contribution in [0.1, 0.15) is 23.8 Å². The quantitative estimate of drug-likeness (QED) is 0.786. The molecule has 0 aliphatic rings. The highest BCUT2D eigenvalue weighted by molar-refractivity contribution is 5.98. The predicted molar refractivity (Wildman–Crippen MR) is 87.2 cm³/mol. The number of carbonyl (C=O) groups excluding carboxylic acids is 1. The van der Waals surface area contributed by atoms with Crippen molar-refractivity contribution in [2.45, 2.75) is 13.3 Å². The highest BCUT2D eigenvalue weighted by Crippen LogP contribution is 2.24. The van der Waals surface area contributed by atoms with Crippen molar-refractivity contribution in [2.24, 2.45) is 0 Å². The maximum Gasteiger partial charge on any atom is 0.274 e. The molecule has 0 saturated heterocycles. The average molecular weight is 307 g/mol. The number of amides is 1. The van der Waals surface area contributed by atoms with Gasteiger partial charge < -0.3 is 5.32 Å². The molecule has 2 heterocycles. The van der Waals surface area contributed by atoms with Crippen LogP contribution in [-0.4, -0.2) is 32.4 Å². The lowest BCUT2D eigenvalue weighted by atomic mass is 10.1. The van der Waals surface area contributed by atoms with Gasteiger partial charge in [-0.1, -0.05) is 30.3 Å². The molecule has 116 valence electrons. The summed E-state index contributed by atoms with van der Waals surface area (Å²) in [6, 6.07) is 13.3. The van der Waals surface area contributed by atoms with Gasteiger partial charge in [0.05, 0.1) is 5.69 Å². The third kappa shape index (κ3) is 3.11. The van der Waals surface area contributed by atoms with E-state index < -0.39 is 0 Å². The average Bonchev–Trinajstić information content (AvgIpc) is 3.06. The summed E-state index contributed by atoms with van der Waals surface area (Å²) in [7, 11) is 0. The lowest BCUT2D eigenvalue weighted by Gasteiger charge is -2.08. The van der Waals surface area contributed by atoms with Crippen LogP contribution in [0.5, 0.6) is 0 Å². The Morgan fingerprint density at radius 2 is 1.87 bits per heavy atom. The van der Waals surface area contributed by atoms with Gasteiger partial charge in [0.25, 0.3) is 5.91 Å². The first-order valence-electron chi connectivity index (χ1n) is 7.51. The smallest absolute Gasteiger partial charge is 0.274 e. The zero-order valence-corrected chi connectivity index (χ0v) is 12.8. The zero-order valence-electron chi connectivity index (χ0n) is 12.8. The lowest BCUT2D eigenvalue weighted by Crippen LogP contribution is -2.25. The van der Waals surface area contributed by atoms with Gasteiger partial charge >= 0.3 is 0 Å². The van der Waals surface area contributed by atoms with Gasteiger partial charge in [-0.05, 0) is 30.7 Å². The predicted octanol–water partition coefficient (Wildman–Crippen LogP) is 2.47. The van der Waals surface area contributed by atoms with E-state index in [9.17, 15) is 4.79 Å². The second-order valence-corrected chi connectivity index (χ2v) is 5.03. The maximum absolute atomic E-state index is 12.4. The molecule has 1 N–H and O–H groups in total. The number of nitrogens with zero attached hydrogens (tertiary/aromatic N) is 4. The Balaban J connectivity index is 2.11. The van der Waals surface area contributed by atoms with Gasteiger partial charge in [0.1, 0.15) is 5.69 Å². The molecule has 0 fully saturated rings. The fourth-order valence-corrected chi connectivity index (χ4v) is 2.28. The topological polar surface area (TPSA) is 72.7 Å².